The number of hydrogen-bond acceptors (Lipinski definition) is 4. The Kier molecular flexibility index (Phi) is 5.60. The highest BCUT2D eigenvalue weighted by Gasteiger charge is 2.16. The Bertz CT molecular complexity index is 729. The predicted octanol–water partition coefficient (Wildman–Crippen LogP) is 1.94. The van der Waals surface area contributed by atoms with E-state index in [2.05, 4.69) is 27.1 Å². The number of likely N-dealkylation sites (N-methyl/N-ethyl adjacent to an activating group) is 1. The number of nitrogens with zero attached hydrogens (tertiary/aromatic N) is 3. The van der Waals surface area contributed by atoms with Gasteiger partial charge in [0.1, 0.15) is 11.5 Å². The maximum absolute atomic E-state index is 13.6. The molecule has 1 aromatic heterocycles. The van der Waals surface area contributed by atoms with Crippen LogP contribution in [0.1, 0.15) is 16.1 Å². The third-order valence-electron chi connectivity index (χ3n) is 4.48. The van der Waals surface area contributed by atoms with Crippen molar-refractivity contribution in [3.63, 3.8) is 0 Å². The molecule has 1 amide bonds. The third-order valence-corrected chi connectivity index (χ3v) is 4.48. The Morgan fingerprint density at radius 2 is 1.96 bits per heavy atom. The lowest BCUT2D eigenvalue weighted by Crippen LogP contribution is -2.44. The number of nitrogens with one attached hydrogen (secondary N) is 1. The van der Waals surface area contributed by atoms with Crippen LogP contribution < -0.4 is 10.2 Å². The summed E-state index contributed by atoms with van der Waals surface area (Å²) in [6.45, 7) is 4.27. The van der Waals surface area contributed by atoms with Gasteiger partial charge >= 0.3 is 0 Å². The first-order chi connectivity index (χ1) is 12.1. The van der Waals surface area contributed by atoms with Crippen LogP contribution in [-0.4, -0.2) is 55.6 Å². The fraction of sp³-hybridized carbons (Fsp3) is 0.368. The van der Waals surface area contributed by atoms with Gasteiger partial charge in [0.25, 0.3) is 5.91 Å². The van der Waals surface area contributed by atoms with Crippen molar-refractivity contribution >= 4 is 11.6 Å². The second-order valence-electron chi connectivity index (χ2n) is 6.29. The third kappa shape index (κ3) is 4.54. The highest BCUT2D eigenvalue weighted by molar-refractivity contribution is 5.93. The highest BCUT2D eigenvalue weighted by Crippen LogP contribution is 2.16. The molecule has 25 heavy (non-hydrogen) atoms. The minimum absolute atomic E-state index is 0.229. The monoisotopic (exact) mass is 342 g/mol. The smallest absolute Gasteiger partial charge is 0.269 e. The Morgan fingerprint density at radius 3 is 2.72 bits per heavy atom. The minimum Gasteiger partial charge on any atom is -0.369 e. The number of benzene rings is 1. The zero-order valence-electron chi connectivity index (χ0n) is 14.4. The molecule has 1 saturated heterocycles. The molecule has 0 saturated carbocycles. The predicted molar refractivity (Wildman–Crippen MR) is 96.4 cm³/mol. The van der Waals surface area contributed by atoms with E-state index in [1.165, 1.54) is 6.07 Å². The number of rotatable bonds is 5. The maximum Gasteiger partial charge on any atom is 0.269 e. The van der Waals surface area contributed by atoms with Gasteiger partial charge in [0.05, 0.1) is 0 Å². The second-order valence-corrected chi connectivity index (χ2v) is 6.29. The Hall–Kier alpha value is -2.47. The van der Waals surface area contributed by atoms with E-state index in [9.17, 15) is 9.18 Å². The average Bonchev–Trinajstić information content (AvgIpc) is 2.64. The molecule has 1 aromatic carbocycles. The quantitative estimate of drug-likeness (QED) is 0.902. The van der Waals surface area contributed by atoms with Gasteiger partial charge in [0.2, 0.25) is 0 Å². The molecule has 1 fully saturated rings. The zero-order chi connectivity index (χ0) is 17.6. The molecule has 0 bridgehead atoms. The lowest BCUT2D eigenvalue weighted by molar-refractivity contribution is 0.0949. The van der Waals surface area contributed by atoms with Gasteiger partial charge in [-0.15, -0.1) is 0 Å². The summed E-state index contributed by atoms with van der Waals surface area (Å²) in [6.07, 6.45) is 2.12. The summed E-state index contributed by atoms with van der Waals surface area (Å²) in [5, 5.41) is 2.82. The van der Waals surface area contributed by atoms with Crippen molar-refractivity contribution in [3.05, 3.63) is 59.7 Å². The van der Waals surface area contributed by atoms with Crippen LogP contribution in [0.5, 0.6) is 0 Å². The van der Waals surface area contributed by atoms with E-state index >= 15 is 0 Å². The zero-order valence-corrected chi connectivity index (χ0v) is 14.4. The van der Waals surface area contributed by atoms with Gasteiger partial charge in [-0.3, -0.25) is 9.78 Å². The summed E-state index contributed by atoms with van der Waals surface area (Å²) in [6, 6.07) is 10.4. The number of amides is 1. The van der Waals surface area contributed by atoms with Crippen LogP contribution in [0.3, 0.4) is 0 Å². The Labute approximate surface area is 147 Å². The van der Waals surface area contributed by atoms with E-state index < -0.39 is 0 Å². The van der Waals surface area contributed by atoms with Crippen LogP contribution in [-0.2, 0) is 6.42 Å². The fourth-order valence-electron chi connectivity index (χ4n) is 2.91. The van der Waals surface area contributed by atoms with E-state index in [0.29, 0.717) is 24.2 Å². The summed E-state index contributed by atoms with van der Waals surface area (Å²) >= 11 is 0. The van der Waals surface area contributed by atoms with E-state index in [4.69, 9.17) is 0 Å². The molecule has 0 radical (unpaired) electrons. The molecule has 5 nitrogen and oxygen atoms in total. The minimum atomic E-state index is -0.244. The van der Waals surface area contributed by atoms with Crippen LogP contribution in [0.2, 0.25) is 0 Å². The van der Waals surface area contributed by atoms with E-state index in [1.54, 1.807) is 24.4 Å². The van der Waals surface area contributed by atoms with Crippen molar-refractivity contribution in [2.75, 3.05) is 44.7 Å². The van der Waals surface area contributed by atoms with Gasteiger partial charge in [-0.1, -0.05) is 18.2 Å². The summed E-state index contributed by atoms with van der Waals surface area (Å²) in [7, 11) is 2.11. The first-order valence-corrected chi connectivity index (χ1v) is 8.54. The lowest BCUT2D eigenvalue weighted by Gasteiger charge is -2.34. The summed E-state index contributed by atoms with van der Waals surface area (Å²) in [5.41, 5.74) is 2.01. The second kappa shape index (κ2) is 8.07. The average molecular weight is 342 g/mol. The summed E-state index contributed by atoms with van der Waals surface area (Å²) < 4.78 is 13.6. The molecule has 0 atom stereocenters. The standard InChI is InChI=1S/C19H23FN4O/c1-23-10-12-24(13-11-23)16-7-9-21-18(14-16)19(25)22-8-6-15-4-2-3-5-17(15)20/h2-5,7,9,14H,6,8,10-13H2,1H3,(H,22,25). The van der Waals surface area contributed by atoms with Gasteiger partial charge in [-0.2, -0.15) is 0 Å². The largest absolute Gasteiger partial charge is 0.369 e. The van der Waals surface area contributed by atoms with Gasteiger partial charge in [0.15, 0.2) is 0 Å². The van der Waals surface area contributed by atoms with Crippen molar-refractivity contribution in [1.29, 1.82) is 0 Å². The van der Waals surface area contributed by atoms with E-state index in [0.717, 1.165) is 31.9 Å². The highest BCUT2D eigenvalue weighted by atomic mass is 19.1. The molecule has 1 N–H and O–H groups in total. The number of pyridine rings is 1. The fourth-order valence-corrected chi connectivity index (χ4v) is 2.91. The van der Waals surface area contributed by atoms with Crippen LogP contribution in [0.4, 0.5) is 10.1 Å². The molecule has 2 aromatic rings. The SMILES string of the molecule is CN1CCN(c2ccnc(C(=O)NCCc3ccccc3F)c2)CC1. The van der Waals surface area contributed by atoms with Crippen molar-refractivity contribution in [3.8, 4) is 0 Å². The van der Waals surface area contributed by atoms with Crippen LogP contribution in [0, 0.1) is 5.82 Å². The molecule has 3 rings (SSSR count). The van der Waals surface area contributed by atoms with Gasteiger partial charge in [-0.05, 0) is 37.2 Å². The molecule has 0 aliphatic carbocycles. The Balaban J connectivity index is 1.57. The summed E-state index contributed by atoms with van der Waals surface area (Å²) in [5.74, 6) is -0.473. The first-order valence-electron chi connectivity index (χ1n) is 8.54. The number of piperazine rings is 1. The maximum atomic E-state index is 13.6. The molecular formula is C19H23FN4O. The van der Waals surface area contributed by atoms with E-state index in [1.807, 2.05) is 12.1 Å². The van der Waals surface area contributed by atoms with E-state index in [-0.39, 0.29) is 11.7 Å². The topological polar surface area (TPSA) is 48.5 Å². The number of carbonyl (C=O) groups excluding carboxylic acids is 1. The van der Waals surface area contributed by atoms with Gasteiger partial charge < -0.3 is 15.1 Å². The van der Waals surface area contributed by atoms with Crippen molar-refractivity contribution in [2.45, 2.75) is 6.42 Å². The van der Waals surface area contributed by atoms with Gasteiger partial charge in [-0.25, -0.2) is 4.39 Å². The molecule has 132 valence electrons. The van der Waals surface area contributed by atoms with Crippen LogP contribution in [0.25, 0.3) is 0 Å². The Morgan fingerprint density at radius 1 is 1.20 bits per heavy atom. The van der Waals surface area contributed by atoms with Crippen LogP contribution in [0.15, 0.2) is 42.6 Å². The molecule has 1 aliphatic rings. The van der Waals surface area contributed by atoms with Crippen molar-refractivity contribution < 1.29 is 9.18 Å². The molecule has 1 aliphatic heterocycles. The molecular weight excluding hydrogens is 319 g/mol. The number of aromatic nitrogens is 1. The number of halogens is 1. The number of carbonyl (C=O) groups is 1. The van der Waals surface area contributed by atoms with Crippen molar-refractivity contribution in [1.82, 2.24) is 15.2 Å². The van der Waals surface area contributed by atoms with Crippen molar-refractivity contribution in [2.24, 2.45) is 0 Å². The van der Waals surface area contributed by atoms with Gasteiger partial charge in [0, 0.05) is 44.6 Å². The normalized spacial score (nSPS) is 15.2. The first kappa shape index (κ1) is 17.4. The number of anilines is 1. The summed E-state index contributed by atoms with van der Waals surface area (Å²) in [4.78, 5) is 21.0. The molecule has 6 heteroatoms. The number of hydrogen-bond donors (Lipinski definition) is 1. The molecule has 0 unspecified atom stereocenters. The molecule has 2 heterocycles. The van der Waals surface area contributed by atoms with Crippen LogP contribution >= 0.6 is 0 Å². The lowest BCUT2D eigenvalue weighted by atomic mass is 10.1. The molecule has 0 spiro atoms.